The summed E-state index contributed by atoms with van der Waals surface area (Å²) in [5.41, 5.74) is 2.23. The molecule has 2 aromatic heterocycles. The van der Waals surface area contributed by atoms with E-state index in [1.165, 1.54) is 5.56 Å². The van der Waals surface area contributed by atoms with Crippen LogP contribution in [0.1, 0.15) is 30.7 Å². The van der Waals surface area contributed by atoms with Crippen LogP contribution in [0.4, 0.5) is 0 Å². The molecule has 8 nitrogen and oxygen atoms in total. The van der Waals surface area contributed by atoms with Crippen LogP contribution >= 0.6 is 24.0 Å². The molecule has 2 N–H and O–H groups in total. The lowest BCUT2D eigenvalue weighted by Gasteiger charge is -2.32. The second-order valence-corrected chi connectivity index (χ2v) is 8.08. The van der Waals surface area contributed by atoms with Crippen molar-refractivity contribution in [2.45, 2.75) is 38.5 Å². The molecule has 3 heterocycles. The highest BCUT2D eigenvalue weighted by molar-refractivity contribution is 14.0. The van der Waals surface area contributed by atoms with Crippen LogP contribution in [0.15, 0.2) is 59.7 Å². The van der Waals surface area contributed by atoms with Gasteiger partial charge < -0.3 is 15.4 Å². The van der Waals surface area contributed by atoms with Crippen LogP contribution in [-0.2, 0) is 17.8 Å². The molecular formula is C24H34IN7O. The average molecular weight is 563 g/mol. The number of aliphatic imine (C=N–C) groups is 1. The Balaban J connectivity index is 0.00000306. The minimum atomic E-state index is 0. The first kappa shape index (κ1) is 25.4. The molecule has 3 aromatic rings. The van der Waals surface area contributed by atoms with Gasteiger partial charge in [-0.25, -0.2) is 0 Å². The molecule has 1 fully saturated rings. The highest BCUT2D eigenvalue weighted by Gasteiger charge is 2.19. The number of pyridine rings is 1. The third-order valence-corrected chi connectivity index (χ3v) is 5.77. The third-order valence-electron chi connectivity index (χ3n) is 5.77. The maximum atomic E-state index is 6.12. The van der Waals surface area contributed by atoms with Gasteiger partial charge in [-0.2, -0.15) is 0 Å². The van der Waals surface area contributed by atoms with Gasteiger partial charge in [-0.1, -0.05) is 36.4 Å². The number of benzene rings is 1. The second-order valence-electron chi connectivity index (χ2n) is 8.08. The summed E-state index contributed by atoms with van der Waals surface area (Å²) < 4.78 is 8.09. The Kier molecular flexibility index (Phi) is 10.4. The largest absolute Gasteiger partial charge is 0.378 e. The van der Waals surface area contributed by atoms with E-state index in [2.05, 4.69) is 61.1 Å². The number of nitrogens with zero attached hydrogens (tertiary/aromatic N) is 5. The Bertz CT molecular complexity index is 987. The van der Waals surface area contributed by atoms with Gasteiger partial charge in [0.15, 0.2) is 17.4 Å². The molecule has 0 amide bonds. The fourth-order valence-corrected chi connectivity index (χ4v) is 4.00. The summed E-state index contributed by atoms with van der Waals surface area (Å²) in [5, 5.41) is 15.1. The molecule has 0 spiro atoms. The maximum Gasteiger partial charge on any atom is 0.191 e. The van der Waals surface area contributed by atoms with Crippen molar-refractivity contribution in [1.82, 2.24) is 30.1 Å². The number of likely N-dealkylation sites (tertiary alicyclic amines) is 1. The van der Waals surface area contributed by atoms with Crippen LogP contribution in [-0.4, -0.2) is 64.9 Å². The molecular weight excluding hydrogens is 529 g/mol. The van der Waals surface area contributed by atoms with Crippen LogP contribution in [0, 0.1) is 0 Å². The Morgan fingerprint density at radius 3 is 2.64 bits per heavy atom. The first-order valence-corrected chi connectivity index (χ1v) is 11.4. The Morgan fingerprint density at radius 1 is 1.06 bits per heavy atom. The van der Waals surface area contributed by atoms with Gasteiger partial charge in [0.2, 0.25) is 0 Å². The normalized spacial score (nSPS) is 15.4. The van der Waals surface area contributed by atoms with Crippen LogP contribution in [0.5, 0.6) is 0 Å². The van der Waals surface area contributed by atoms with Gasteiger partial charge >= 0.3 is 0 Å². The van der Waals surface area contributed by atoms with E-state index in [1.807, 2.05) is 28.8 Å². The minimum Gasteiger partial charge on any atom is -0.378 e. The van der Waals surface area contributed by atoms with E-state index in [1.54, 1.807) is 7.05 Å². The molecule has 0 saturated carbocycles. The molecule has 9 heteroatoms. The van der Waals surface area contributed by atoms with Gasteiger partial charge in [0, 0.05) is 46.0 Å². The van der Waals surface area contributed by atoms with Crippen molar-refractivity contribution in [2.24, 2.45) is 4.99 Å². The van der Waals surface area contributed by atoms with Gasteiger partial charge in [-0.15, -0.1) is 34.2 Å². The van der Waals surface area contributed by atoms with Crippen molar-refractivity contribution in [3.63, 3.8) is 0 Å². The zero-order chi connectivity index (χ0) is 22.0. The summed E-state index contributed by atoms with van der Waals surface area (Å²) in [6, 6.07) is 16.6. The number of aromatic nitrogens is 3. The number of rotatable bonds is 9. The quantitative estimate of drug-likeness (QED) is 0.180. The lowest BCUT2D eigenvalue weighted by Crippen LogP contribution is -2.38. The van der Waals surface area contributed by atoms with Gasteiger partial charge in [-0.05, 0) is 37.0 Å². The van der Waals surface area contributed by atoms with Crippen LogP contribution in [0.25, 0.3) is 5.65 Å². The first-order valence-electron chi connectivity index (χ1n) is 11.4. The smallest absolute Gasteiger partial charge is 0.191 e. The Labute approximate surface area is 212 Å². The summed E-state index contributed by atoms with van der Waals surface area (Å²) in [4.78, 5) is 6.81. The molecule has 33 heavy (non-hydrogen) atoms. The fourth-order valence-electron chi connectivity index (χ4n) is 4.00. The molecule has 178 valence electrons. The van der Waals surface area contributed by atoms with E-state index in [0.717, 1.165) is 69.5 Å². The van der Waals surface area contributed by atoms with E-state index in [0.29, 0.717) is 12.6 Å². The number of hydrogen-bond donors (Lipinski definition) is 2. The molecule has 1 aliphatic heterocycles. The van der Waals surface area contributed by atoms with Crippen molar-refractivity contribution >= 4 is 35.6 Å². The third kappa shape index (κ3) is 7.65. The van der Waals surface area contributed by atoms with Gasteiger partial charge in [0.05, 0.1) is 12.6 Å². The highest BCUT2D eigenvalue weighted by Crippen LogP contribution is 2.16. The first-order chi connectivity index (χ1) is 15.8. The van der Waals surface area contributed by atoms with E-state index < -0.39 is 0 Å². The molecule has 0 aliphatic carbocycles. The van der Waals surface area contributed by atoms with E-state index >= 15 is 0 Å². The number of halogens is 1. The molecule has 1 aliphatic rings. The predicted molar refractivity (Wildman–Crippen MR) is 142 cm³/mol. The number of piperidine rings is 1. The predicted octanol–water partition coefficient (Wildman–Crippen LogP) is 3.08. The monoisotopic (exact) mass is 563 g/mol. The van der Waals surface area contributed by atoms with E-state index in [-0.39, 0.29) is 24.0 Å². The second kappa shape index (κ2) is 13.5. The lowest BCUT2D eigenvalue weighted by atomic mass is 10.1. The van der Waals surface area contributed by atoms with Crippen LogP contribution in [0.2, 0.25) is 0 Å². The molecule has 1 saturated heterocycles. The molecule has 0 atom stereocenters. The molecule has 4 rings (SSSR count). The van der Waals surface area contributed by atoms with Crippen LogP contribution in [0.3, 0.4) is 0 Å². The molecule has 1 aromatic carbocycles. The molecule has 0 bridgehead atoms. The zero-order valence-electron chi connectivity index (χ0n) is 19.2. The number of nitrogens with one attached hydrogen (secondary N) is 2. The zero-order valence-corrected chi connectivity index (χ0v) is 21.5. The van der Waals surface area contributed by atoms with E-state index in [9.17, 15) is 0 Å². The highest BCUT2D eigenvalue weighted by atomic mass is 127. The standard InChI is InChI=1S/C24H33N7O.HI/c1-25-24(27-18-23-29-28-22-10-5-6-14-31(22)23)26-13-7-17-32-21-11-15-30(16-12-21)19-20-8-3-2-4-9-20;/h2-6,8-10,14,21H,7,11-13,15-19H2,1H3,(H2,25,26,27);1H. The summed E-state index contributed by atoms with van der Waals surface area (Å²) in [7, 11) is 1.77. The van der Waals surface area contributed by atoms with Crippen molar-refractivity contribution in [1.29, 1.82) is 0 Å². The summed E-state index contributed by atoms with van der Waals surface area (Å²) >= 11 is 0. The Hall–Kier alpha value is -2.24. The molecule has 0 radical (unpaired) electrons. The van der Waals surface area contributed by atoms with Crippen molar-refractivity contribution in [2.75, 3.05) is 33.3 Å². The van der Waals surface area contributed by atoms with Gasteiger partial charge in [0.1, 0.15) is 0 Å². The summed E-state index contributed by atoms with van der Waals surface area (Å²) in [5.74, 6) is 1.61. The lowest BCUT2D eigenvalue weighted by molar-refractivity contribution is 0.00534. The maximum absolute atomic E-state index is 6.12. The summed E-state index contributed by atoms with van der Waals surface area (Å²) in [6.45, 7) is 5.38. The van der Waals surface area contributed by atoms with Crippen molar-refractivity contribution in [3.05, 3.63) is 66.1 Å². The topological polar surface area (TPSA) is 79.1 Å². The van der Waals surface area contributed by atoms with Crippen LogP contribution < -0.4 is 10.6 Å². The van der Waals surface area contributed by atoms with Gasteiger partial charge in [0.25, 0.3) is 0 Å². The van der Waals surface area contributed by atoms with Gasteiger partial charge in [-0.3, -0.25) is 14.3 Å². The minimum absolute atomic E-state index is 0. The fraction of sp³-hybridized carbons (Fsp3) is 0.458. The van der Waals surface area contributed by atoms with E-state index in [4.69, 9.17) is 4.74 Å². The number of ether oxygens (including phenoxy) is 1. The molecule has 0 unspecified atom stereocenters. The average Bonchev–Trinajstić information content (AvgIpc) is 3.26. The van der Waals surface area contributed by atoms with Crippen molar-refractivity contribution in [3.8, 4) is 0 Å². The SMILES string of the molecule is CN=C(NCCCOC1CCN(Cc2ccccc2)CC1)NCc1nnc2ccccn12.I. The number of hydrogen-bond acceptors (Lipinski definition) is 5. The number of guanidine groups is 1. The summed E-state index contributed by atoms with van der Waals surface area (Å²) in [6.07, 6.45) is 5.50. The Morgan fingerprint density at radius 2 is 1.85 bits per heavy atom. The number of fused-ring (bicyclic) bond motifs is 1. The van der Waals surface area contributed by atoms with Crippen molar-refractivity contribution < 1.29 is 4.74 Å².